The van der Waals surface area contributed by atoms with Gasteiger partial charge in [-0.1, -0.05) is 36.4 Å². The number of hydrogen-bond acceptors (Lipinski definition) is 4. The standard InChI is InChI=1S/C23H27F2N5O2.HI/c1-26-23(27-12-11-16-9-10-19(31-3)20(13-16)32-22(24)25)30(2)15-21-28-14-18(29-21)17-7-5-4-6-8-17;/h4-10,13-14,22H,11-12,15H2,1-3H3,(H,26,27)(H,28,29);1H. The molecular weight excluding hydrogens is 543 g/mol. The Morgan fingerprint density at radius 2 is 1.94 bits per heavy atom. The number of nitrogens with one attached hydrogen (secondary N) is 2. The molecular formula is C23H28F2IN5O2. The molecule has 0 bridgehead atoms. The molecule has 0 atom stereocenters. The summed E-state index contributed by atoms with van der Waals surface area (Å²) in [5.41, 5.74) is 2.87. The van der Waals surface area contributed by atoms with E-state index in [1.807, 2.05) is 54.5 Å². The molecule has 0 unspecified atom stereocenters. The number of ether oxygens (including phenoxy) is 2. The Morgan fingerprint density at radius 3 is 2.61 bits per heavy atom. The van der Waals surface area contributed by atoms with E-state index in [4.69, 9.17) is 4.74 Å². The lowest BCUT2D eigenvalue weighted by molar-refractivity contribution is -0.0512. The van der Waals surface area contributed by atoms with Gasteiger partial charge >= 0.3 is 6.61 Å². The SMILES string of the molecule is CN=C(NCCc1ccc(OC)c(OC(F)F)c1)N(C)Cc1ncc(-c2ccccc2)[nH]1.I. The highest BCUT2D eigenvalue weighted by Gasteiger charge is 2.12. The molecule has 1 heterocycles. The summed E-state index contributed by atoms with van der Waals surface area (Å²) in [6.45, 7) is -1.81. The number of aromatic amines is 1. The Bertz CT molecular complexity index is 1030. The van der Waals surface area contributed by atoms with Crippen molar-refractivity contribution in [2.24, 2.45) is 4.99 Å². The molecule has 7 nitrogen and oxygen atoms in total. The van der Waals surface area contributed by atoms with Crippen LogP contribution in [0.3, 0.4) is 0 Å². The smallest absolute Gasteiger partial charge is 0.387 e. The predicted molar refractivity (Wildman–Crippen MR) is 136 cm³/mol. The third-order valence-corrected chi connectivity index (χ3v) is 4.81. The highest BCUT2D eigenvalue weighted by atomic mass is 127. The molecule has 0 spiro atoms. The number of aromatic nitrogens is 2. The van der Waals surface area contributed by atoms with Gasteiger partial charge < -0.3 is 24.7 Å². The Morgan fingerprint density at radius 1 is 1.18 bits per heavy atom. The number of benzene rings is 2. The van der Waals surface area contributed by atoms with E-state index in [0.29, 0.717) is 25.5 Å². The number of hydrogen-bond donors (Lipinski definition) is 2. The molecule has 0 fully saturated rings. The van der Waals surface area contributed by atoms with Crippen LogP contribution in [0.5, 0.6) is 11.5 Å². The van der Waals surface area contributed by atoms with Crippen LogP contribution in [0, 0.1) is 0 Å². The number of H-pyrrole nitrogens is 1. The zero-order chi connectivity index (χ0) is 22.9. The van der Waals surface area contributed by atoms with Gasteiger partial charge in [0.05, 0.1) is 25.5 Å². The van der Waals surface area contributed by atoms with Gasteiger partial charge in [0.15, 0.2) is 17.5 Å². The van der Waals surface area contributed by atoms with Crippen LogP contribution >= 0.6 is 24.0 Å². The van der Waals surface area contributed by atoms with Crippen molar-refractivity contribution in [3.8, 4) is 22.8 Å². The molecule has 33 heavy (non-hydrogen) atoms. The maximum absolute atomic E-state index is 12.6. The summed E-state index contributed by atoms with van der Waals surface area (Å²) < 4.78 is 34.9. The van der Waals surface area contributed by atoms with Gasteiger partial charge in [0.2, 0.25) is 0 Å². The Balaban J connectivity index is 0.00000385. The first-order valence-electron chi connectivity index (χ1n) is 10.1. The molecule has 0 amide bonds. The zero-order valence-electron chi connectivity index (χ0n) is 18.7. The molecule has 178 valence electrons. The van der Waals surface area contributed by atoms with E-state index in [0.717, 1.165) is 22.6 Å². The second-order valence-electron chi connectivity index (χ2n) is 7.05. The summed E-state index contributed by atoms with van der Waals surface area (Å²) in [4.78, 5) is 14.1. The number of guanidine groups is 1. The minimum Gasteiger partial charge on any atom is -0.493 e. The second kappa shape index (κ2) is 13.0. The number of alkyl halides is 2. The van der Waals surface area contributed by atoms with Gasteiger partial charge in [-0.25, -0.2) is 4.98 Å². The van der Waals surface area contributed by atoms with Crippen molar-refractivity contribution in [3.63, 3.8) is 0 Å². The van der Waals surface area contributed by atoms with Crippen LogP contribution < -0.4 is 14.8 Å². The van der Waals surface area contributed by atoms with Gasteiger partial charge in [0.1, 0.15) is 5.82 Å². The summed E-state index contributed by atoms with van der Waals surface area (Å²) in [6, 6.07) is 15.0. The average Bonchev–Trinajstić information content (AvgIpc) is 3.25. The average molecular weight is 571 g/mol. The minimum absolute atomic E-state index is 0. The van der Waals surface area contributed by atoms with Crippen molar-refractivity contribution < 1.29 is 18.3 Å². The minimum atomic E-state index is -2.91. The van der Waals surface area contributed by atoms with Crippen LogP contribution in [0.4, 0.5) is 8.78 Å². The molecule has 3 rings (SSSR count). The summed E-state index contributed by atoms with van der Waals surface area (Å²) in [7, 11) is 5.04. The van der Waals surface area contributed by atoms with Crippen LogP contribution in [0.25, 0.3) is 11.3 Å². The fourth-order valence-corrected chi connectivity index (χ4v) is 3.27. The molecule has 2 N–H and O–H groups in total. The van der Waals surface area contributed by atoms with Crippen molar-refractivity contribution in [1.29, 1.82) is 0 Å². The zero-order valence-corrected chi connectivity index (χ0v) is 21.0. The van der Waals surface area contributed by atoms with Gasteiger partial charge in [-0.05, 0) is 29.7 Å². The Kier molecular flexibility index (Phi) is 10.4. The molecule has 2 aromatic carbocycles. The maximum Gasteiger partial charge on any atom is 0.387 e. The first kappa shape index (κ1) is 26.4. The fourth-order valence-electron chi connectivity index (χ4n) is 3.27. The number of aliphatic imine (C=N–C) groups is 1. The summed E-state index contributed by atoms with van der Waals surface area (Å²) in [5.74, 6) is 1.80. The molecule has 10 heteroatoms. The first-order chi connectivity index (χ1) is 15.5. The Hall–Kier alpha value is -2.89. The van der Waals surface area contributed by atoms with E-state index >= 15 is 0 Å². The van der Waals surface area contributed by atoms with E-state index in [1.54, 1.807) is 19.2 Å². The van der Waals surface area contributed by atoms with Gasteiger partial charge in [0.25, 0.3) is 0 Å². The predicted octanol–water partition coefficient (Wildman–Crippen LogP) is 4.55. The van der Waals surface area contributed by atoms with Crippen LogP contribution in [0.15, 0.2) is 59.7 Å². The quantitative estimate of drug-likeness (QED) is 0.224. The highest BCUT2D eigenvalue weighted by molar-refractivity contribution is 14.0. The number of methoxy groups -OCH3 is 1. The van der Waals surface area contributed by atoms with E-state index in [2.05, 4.69) is 25.0 Å². The van der Waals surface area contributed by atoms with Crippen LogP contribution in [0.2, 0.25) is 0 Å². The van der Waals surface area contributed by atoms with Crippen LogP contribution in [-0.4, -0.2) is 55.2 Å². The molecule has 0 aliphatic carbocycles. The summed E-state index contributed by atoms with van der Waals surface area (Å²) >= 11 is 0. The molecule has 0 saturated carbocycles. The van der Waals surface area contributed by atoms with Crippen molar-refractivity contribution in [2.45, 2.75) is 19.6 Å². The molecule has 0 aliphatic rings. The van der Waals surface area contributed by atoms with E-state index in [-0.39, 0.29) is 35.5 Å². The fraction of sp³-hybridized carbons (Fsp3) is 0.304. The lowest BCUT2D eigenvalue weighted by atomic mass is 10.1. The summed E-state index contributed by atoms with van der Waals surface area (Å²) in [5, 5.41) is 3.28. The summed E-state index contributed by atoms with van der Waals surface area (Å²) in [6.07, 6.45) is 2.41. The van der Waals surface area contributed by atoms with Crippen LogP contribution in [0.1, 0.15) is 11.4 Å². The topological polar surface area (TPSA) is 74.8 Å². The van der Waals surface area contributed by atoms with Gasteiger partial charge in [-0.15, -0.1) is 24.0 Å². The van der Waals surface area contributed by atoms with Crippen molar-refractivity contribution >= 4 is 29.9 Å². The van der Waals surface area contributed by atoms with Gasteiger partial charge in [-0.2, -0.15) is 8.78 Å². The largest absolute Gasteiger partial charge is 0.493 e. The Labute approximate surface area is 209 Å². The molecule has 3 aromatic rings. The first-order valence-corrected chi connectivity index (χ1v) is 10.1. The molecule has 0 saturated heterocycles. The number of imidazole rings is 1. The van der Waals surface area contributed by atoms with Crippen molar-refractivity contribution in [3.05, 3.63) is 66.1 Å². The lowest BCUT2D eigenvalue weighted by Gasteiger charge is -2.21. The molecule has 1 aromatic heterocycles. The lowest BCUT2D eigenvalue weighted by Crippen LogP contribution is -2.39. The maximum atomic E-state index is 12.6. The number of rotatable bonds is 9. The van der Waals surface area contributed by atoms with Gasteiger partial charge in [0, 0.05) is 20.6 Å². The van der Waals surface area contributed by atoms with Crippen molar-refractivity contribution in [1.82, 2.24) is 20.2 Å². The van der Waals surface area contributed by atoms with E-state index < -0.39 is 6.61 Å². The third kappa shape index (κ3) is 7.58. The molecule has 0 radical (unpaired) electrons. The van der Waals surface area contributed by atoms with Crippen LogP contribution in [-0.2, 0) is 13.0 Å². The highest BCUT2D eigenvalue weighted by Crippen LogP contribution is 2.29. The van der Waals surface area contributed by atoms with E-state index in [1.165, 1.54) is 7.11 Å². The van der Waals surface area contributed by atoms with E-state index in [9.17, 15) is 8.78 Å². The third-order valence-electron chi connectivity index (χ3n) is 4.81. The number of nitrogens with zero attached hydrogens (tertiary/aromatic N) is 3. The molecule has 0 aliphatic heterocycles. The second-order valence-corrected chi connectivity index (χ2v) is 7.05. The normalized spacial score (nSPS) is 11.2. The van der Waals surface area contributed by atoms with Crippen molar-refractivity contribution in [2.75, 3.05) is 27.7 Å². The van der Waals surface area contributed by atoms with Gasteiger partial charge in [-0.3, -0.25) is 4.99 Å². The number of halogens is 3. The monoisotopic (exact) mass is 571 g/mol.